The minimum atomic E-state index is -0.751. The van der Waals surface area contributed by atoms with Gasteiger partial charge in [-0.3, -0.25) is 4.79 Å². The standard InChI is InChI=1S/C29H37N5O2/c1-20-15-21(2)34(32-20)27-7-3-5-24(16-27)25(17-28(35)36)19-33-14-12-22(18-33)8-10-26-11-9-23-6-4-13-30-29(23)31-26/h3,5,7,9,11,15-16,22,25H,4,6,8,10,12-14,17-19H2,1-2H3,(H,30,31)(H,35,36)/t22?,25-/m1/s1. The topological polar surface area (TPSA) is 83.3 Å². The normalized spacial score (nSPS) is 18.6. The van der Waals surface area contributed by atoms with E-state index in [2.05, 4.69) is 45.6 Å². The van der Waals surface area contributed by atoms with Gasteiger partial charge in [0, 0.05) is 36.9 Å². The molecule has 1 fully saturated rings. The number of pyridine rings is 1. The zero-order valence-electron chi connectivity index (χ0n) is 21.4. The number of carboxylic acids is 1. The second-order valence-electron chi connectivity index (χ2n) is 10.5. The molecule has 1 aromatic carbocycles. The van der Waals surface area contributed by atoms with Crippen LogP contribution >= 0.6 is 0 Å². The molecule has 2 aliphatic rings. The maximum absolute atomic E-state index is 11.7. The second kappa shape index (κ2) is 10.8. The summed E-state index contributed by atoms with van der Waals surface area (Å²) in [7, 11) is 0. The van der Waals surface area contributed by atoms with Crippen molar-refractivity contribution in [2.45, 2.75) is 58.3 Å². The van der Waals surface area contributed by atoms with Crippen molar-refractivity contribution in [3.63, 3.8) is 0 Å². The first-order valence-electron chi connectivity index (χ1n) is 13.2. The third-order valence-electron chi connectivity index (χ3n) is 7.63. The van der Waals surface area contributed by atoms with Crippen LogP contribution in [0.1, 0.15) is 59.8 Å². The van der Waals surface area contributed by atoms with Gasteiger partial charge < -0.3 is 15.3 Å². The molecule has 0 spiro atoms. The molecule has 0 amide bonds. The number of aliphatic carboxylic acids is 1. The van der Waals surface area contributed by atoms with Crippen molar-refractivity contribution in [2.75, 3.05) is 31.5 Å². The molecular formula is C29H37N5O2. The van der Waals surface area contributed by atoms with Crippen molar-refractivity contribution in [3.05, 3.63) is 70.7 Å². The Balaban J connectivity index is 1.21. The number of benzene rings is 1. The van der Waals surface area contributed by atoms with Gasteiger partial charge in [-0.2, -0.15) is 5.10 Å². The highest BCUT2D eigenvalue weighted by Crippen LogP contribution is 2.29. The highest BCUT2D eigenvalue weighted by atomic mass is 16.4. The molecule has 7 heteroatoms. The van der Waals surface area contributed by atoms with Gasteiger partial charge in [0.15, 0.2) is 0 Å². The van der Waals surface area contributed by atoms with E-state index in [-0.39, 0.29) is 12.3 Å². The van der Waals surface area contributed by atoms with Gasteiger partial charge in [0.05, 0.1) is 17.8 Å². The minimum absolute atomic E-state index is 0.0495. The lowest BCUT2D eigenvalue weighted by molar-refractivity contribution is -0.137. The summed E-state index contributed by atoms with van der Waals surface area (Å²) in [5.74, 6) is 0.902. The third-order valence-corrected chi connectivity index (χ3v) is 7.63. The van der Waals surface area contributed by atoms with Gasteiger partial charge in [-0.05, 0) is 93.8 Å². The van der Waals surface area contributed by atoms with E-state index in [9.17, 15) is 9.90 Å². The van der Waals surface area contributed by atoms with E-state index in [0.717, 1.165) is 80.3 Å². The van der Waals surface area contributed by atoms with Crippen molar-refractivity contribution in [1.29, 1.82) is 0 Å². The molecule has 5 rings (SSSR count). The Bertz CT molecular complexity index is 1220. The Labute approximate surface area is 213 Å². The molecule has 3 aromatic rings. The summed E-state index contributed by atoms with van der Waals surface area (Å²) < 4.78 is 1.94. The van der Waals surface area contributed by atoms with Gasteiger partial charge >= 0.3 is 5.97 Å². The fourth-order valence-electron chi connectivity index (χ4n) is 5.79. The number of aryl methyl sites for hydroxylation is 4. The van der Waals surface area contributed by atoms with Crippen LogP contribution in [-0.4, -0.2) is 56.9 Å². The molecule has 0 aliphatic carbocycles. The monoisotopic (exact) mass is 487 g/mol. The van der Waals surface area contributed by atoms with Crippen molar-refractivity contribution >= 4 is 11.8 Å². The van der Waals surface area contributed by atoms with Crippen molar-refractivity contribution in [1.82, 2.24) is 19.7 Å². The van der Waals surface area contributed by atoms with Crippen LogP contribution < -0.4 is 5.32 Å². The number of rotatable bonds is 9. The maximum Gasteiger partial charge on any atom is 0.304 e. The molecule has 0 bridgehead atoms. The van der Waals surface area contributed by atoms with E-state index < -0.39 is 5.97 Å². The molecule has 2 atom stereocenters. The summed E-state index contributed by atoms with van der Waals surface area (Å²) in [5, 5.41) is 17.7. The van der Waals surface area contributed by atoms with Gasteiger partial charge in [-0.1, -0.05) is 18.2 Å². The summed E-state index contributed by atoms with van der Waals surface area (Å²) >= 11 is 0. The first kappa shape index (κ1) is 24.5. The molecule has 0 saturated carbocycles. The molecule has 1 unspecified atom stereocenters. The molecule has 0 radical (unpaired) electrons. The smallest absolute Gasteiger partial charge is 0.304 e. The summed E-state index contributed by atoms with van der Waals surface area (Å²) in [6.45, 7) is 7.87. The number of aromatic nitrogens is 3. The Morgan fingerprint density at radius 1 is 1.22 bits per heavy atom. The maximum atomic E-state index is 11.7. The molecule has 190 valence electrons. The Hall–Kier alpha value is -3.19. The minimum Gasteiger partial charge on any atom is -0.481 e. The number of hydrogen-bond acceptors (Lipinski definition) is 5. The molecule has 2 aromatic heterocycles. The molecule has 1 saturated heterocycles. The van der Waals surface area contributed by atoms with Crippen LogP contribution in [0.5, 0.6) is 0 Å². The number of nitrogens with one attached hydrogen (secondary N) is 1. The molecule has 4 heterocycles. The van der Waals surface area contributed by atoms with Crippen LogP contribution in [0.3, 0.4) is 0 Å². The molecule has 2 aliphatic heterocycles. The van der Waals surface area contributed by atoms with Crippen LogP contribution in [0, 0.1) is 19.8 Å². The second-order valence-corrected chi connectivity index (χ2v) is 10.5. The van der Waals surface area contributed by atoms with Crippen molar-refractivity contribution in [2.24, 2.45) is 5.92 Å². The largest absolute Gasteiger partial charge is 0.481 e. The van der Waals surface area contributed by atoms with E-state index in [4.69, 9.17) is 4.98 Å². The van der Waals surface area contributed by atoms with Crippen molar-refractivity contribution < 1.29 is 9.90 Å². The predicted molar refractivity (Wildman–Crippen MR) is 142 cm³/mol. The van der Waals surface area contributed by atoms with Gasteiger partial charge in [-0.15, -0.1) is 0 Å². The number of fused-ring (bicyclic) bond motifs is 1. The first-order valence-corrected chi connectivity index (χ1v) is 13.2. The Kier molecular flexibility index (Phi) is 7.37. The van der Waals surface area contributed by atoms with Crippen LogP contribution in [0.2, 0.25) is 0 Å². The molecule has 2 N–H and O–H groups in total. The quantitative estimate of drug-likeness (QED) is 0.453. The number of hydrogen-bond donors (Lipinski definition) is 2. The number of anilines is 1. The summed E-state index contributed by atoms with van der Waals surface area (Å²) in [5.41, 5.74) is 6.61. The molecule has 36 heavy (non-hydrogen) atoms. The summed E-state index contributed by atoms with van der Waals surface area (Å²) in [4.78, 5) is 19.1. The number of nitrogens with zero attached hydrogens (tertiary/aromatic N) is 4. The predicted octanol–water partition coefficient (Wildman–Crippen LogP) is 4.76. The fraction of sp³-hybridized carbons (Fsp3) is 0.483. The van der Waals surface area contributed by atoms with Crippen LogP contribution in [0.4, 0.5) is 5.82 Å². The van der Waals surface area contributed by atoms with Crippen LogP contribution in [0.15, 0.2) is 42.5 Å². The van der Waals surface area contributed by atoms with E-state index in [0.29, 0.717) is 5.92 Å². The number of carbonyl (C=O) groups is 1. The number of carboxylic acid groups (broad SMARTS) is 1. The lowest BCUT2D eigenvalue weighted by Gasteiger charge is -2.24. The zero-order chi connectivity index (χ0) is 25.1. The average Bonchev–Trinajstić information content (AvgIpc) is 3.47. The van der Waals surface area contributed by atoms with Crippen LogP contribution in [-0.2, 0) is 17.6 Å². The van der Waals surface area contributed by atoms with Gasteiger partial charge in [0.1, 0.15) is 5.82 Å². The lowest BCUT2D eigenvalue weighted by atomic mass is 9.94. The summed E-state index contributed by atoms with van der Waals surface area (Å²) in [6.07, 6.45) is 5.72. The lowest BCUT2D eigenvalue weighted by Crippen LogP contribution is -2.28. The van der Waals surface area contributed by atoms with Crippen molar-refractivity contribution in [3.8, 4) is 5.69 Å². The average molecular weight is 488 g/mol. The Morgan fingerprint density at radius 2 is 2.11 bits per heavy atom. The van der Waals surface area contributed by atoms with E-state index in [1.54, 1.807) is 0 Å². The third kappa shape index (κ3) is 5.78. The van der Waals surface area contributed by atoms with E-state index >= 15 is 0 Å². The zero-order valence-corrected chi connectivity index (χ0v) is 21.4. The fourth-order valence-corrected chi connectivity index (χ4v) is 5.79. The highest BCUT2D eigenvalue weighted by Gasteiger charge is 2.27. The number of likely N-dealkylation sites (tertiary alicyclic amines) is 1. The van der Waals surface area contributed by atoms with Gasteiger partial charge in [0.2, 0.25) is 0 Å². The van der Waals surface area contributed by atoms with Crippen LogP contribution in [0.25, 0.3) is 5.69 Å². The highest BCUT2D eigenvalue weighted by molar-refractivity contribution is 5.68. The van der Waals surface area contributed by atoms with Gasteiger partial charge in [-0.25, -0.2) is 9.67 Å². The molecular weight excluding hydrogens is 450 g/mol. The van der Waals surface area contributed by atoms with Gasteiger partial charge in [0.25, 0.3) is 0 Å². The summed E-state index contributed by atoms with van der Waals surface area (Å²) in [6, 6.07) is 14.7. The molecule has 7 nitrogen and oxygen atoms in total. The SMILES string of the molecule is Cc1cc(C)n(-c2cccc([C@H](CC(=O)O)CN3CCC(CCc4ccc5c(n4)NCCC5)C3)c2)n1. The first-order chi connectivity index (χ1) is 17.4. The van der Waals surface area contributed by atoms with E-state index in [1.165, 1.54) is 17.7 Å². The Morgan fingerprint density at radius 3 is 2.92 bits per heavy atom. The van der Waals surface area contributed by atoms with E-state index in [1.807, 2.05) is 30.7 Å².